The molecule has 4 atom stereocenters. The number of carbonyl (C=O) groups is 4. The summed E-state index contributed by atoms with van der Waals surface area (Å²) in [7, 11) is 0. The lowest BCUT2D eigenvalue weighted by molar-refractivity contribution is -0.140. The van der Waals surface area contributed by atoms with Gasteiger partial charge in [-0.1, -0.05) is 52.8 Å². The first-order chi connectivity index (χ1) is 16.3. The Bertz CT molecular complexity index is 1070. The van der Waals surface area contributed by atoms with Crippen molar-refractivity contribution in [3.8, 4) is 0 Å². The van der Waals surface area contributed by atoms with Crippen molar-refractivity contribution in [2.24, 2.45) is 17.3 Å². The Hall–Kier alpha value is -3.21. The predicted octanol–water partition coefficient (Wildman–Crippen LogP) is 3.53. The summed E-state index contributed by atoms with van der Waals surface area (Å²) in [6.07, 6.45) is -0.148. The van der Waals surface area contributed by atoms with Gasteiger partial charge in [-0.3, -0.25) is 28.9 Å². The Labute approximate surface area is 207 Å². The van der Waals surface area contributed by atoms with E-state index in [-0.39, 0.29) is 54.2 Å². The second-order valence-corrected chi connectivity index (χ2v) is 11.4. The van der Waals surface area contributed by atoms with Crippen LogP contribution in [-0.2, 0) is 24.6 Å². The fourth-order valence-corrected chi connectivity index (χ4v) is 5.38. The van der Waals surface area contributed by atoms with E-state index in [1.54, 1.807) is 0 Å². The van der Waals surface area contributed by atoms with Crippen molar-refractivity contribution < 1.29 is 19.2 Å². The third-order valence-electron chi connectivity index (χ3n) is 6.92. The predicted molar refractivity (Wildman–Crippen MR) is 133 cm³/mol. The quantitative estimate of drug-likeness (QED) is 0.583. The molecule has 0 unspecified atom stereocenters. The molecule has 1 spiro atoms. The number of nitrogens with zero attached hydrogens (tertiary/aromatic N) is 2. The smallest absolute Gasteiger partial charge is 0.302 e. The molecule has 1 fully saturated rings. The number of anilines is 1. The Balaban J connectivity index is 1.91. The summed E-state index contributed by atoms with van der Waals surface area (Å²) in [6.45, 7) is 19.0. The summed E-state index contributed by atoms with van der Waals surface area (Å²) in [5, 5.41) is 5.62. The summed E-state index contributed by atoms with van der Waals surface area (Å²) in [5.41, 5.74) is 0.313. The van der Waals surface area contributed by atoms with E-state index in [9.17, 15) is 19.2 Å². The van der Waals surface area contributed by atoms with Crippen molar-refractivity contribution in [1.82, 2.24) is 10.2 Å². The van der Waals surface area contributed by atoms with E-state index in [4.69, 9.17) is 6.57 Å². The number of hydrogen-bond acceptors (Lipinski definition) is 4. The van der Waals surface area contributed by atoms with E-state index in [1.165, 1.54) is 11.8 Å². The maximum atomic E-state index is 13.9. The molecule has 8 heteroatoms. The molecule has 1 aromatic carbocycles. The minimum Gasteiger partial charge on any atom is -0.346 e. The van der Waals surface area contributed by atoms with Gasteiger partial charge in [-0.15, -0.1) is 0 Å². The van der Waals surface area contributed by atoms with Crippen LogP contribution in [0, 0.1) is 23.8 Å². The standard InChI is InChI=1S/C27H36N4O4/c1-16(2)23(29-17(3)32)21(33)12-18(13-26(4,5)6)24(34)31-15-27(14-22(31)28-7)19-10-8-9-11-20(19)30-25(27)35/h8-11,16,18,22-23H,12-15H2,1-6H3,(H,29,32)(H,30,35)/t18-,22-,23+,27-/m0/s1. The van der Waals surface area contributed by atoms with E-state index in [1.807, 2.05) is 58.9 Å². The SMILES string of the molecule is [C-]#[N+][C@@H]1C[C@@]2(CN1C(=O)[C@@H](CC(=O)[C@H](NC(C)=O)C(C)C)CC(C)(C)C)C(=O)Nc1ccccc12. The maximum absolute atomic E-state index is 13.9. The van der Waals surface area contributed by atoms with Gasteiger partial charge < -0.3 is 10.6 Å². The van der Waals surface area contributed by atoms with Crippen LogP contribution in [0.25, 0.3) is 4.85 Å². The Morgan fingerprint density at radius 2 is 1.91 bits per heavy atom. The van der Waals surface area contributed by atoms with Crippen LogP contribution in [0.5, 0.6) is 0 Å². The third-order valence-corrected chi connectivity index (χ3v) is 6.92. The Morgan fingerprint density at radius 3 is 2.49 bits per heavy atom. The molecule has 8 nitrogen and oxygen atoms in total. The molecular formula is C27H36N4O4. The van der Waals surface area contributed by atoms with Gasteiger partial charge in [0, 0.05) is 31.5 Å². The largest absolute Gasteiger partial charge is 0.346 e. The van der Waals surface area contributed by atoms with Crippen molar-refractivity contribution >= 4 is 29.2 Å². The lowest BCUT2D eigenvalue weighted by Crippen LogP contribution is -2.47. The van der Waals surface area contributed by atoms with Crippen LogP contribution < -0.4 is 10.6 Å². The van der Waals surface area contributed by atoms with E-state index >= 15 is 0 Å². The molecule has 0 aliphatic carbocycles. The second-order valence-electron chi connectivity index (χ2n) is 11.4. The summed E-state index contributed by atoms with van der Waals surface area (Å²) in [6, 6.07) is 6.71. The fraction of sp³-hybridized carbons (Fsp3) is 0.593. The van der Waals surface area contributed by atoms with E-state index < -0.39 is 23.5 Å². The molecule has 0 bridgehead atoms. The first-order valence-corrected chi connectivity index (χ1v) is 12.2. The summed E-state index contributed by atoms with van der Waals surface area (Å²) < 4.78 is 0. The van der Waals surface area contributed by atoms with Crippen molar-refractivity contribution in [3.05, 3.63) is 41.2 Å². The lowest BCUT2D eigenvalue weighted by atomic mass is 9.79. The molecule has 188 valence electrons. The summed E-state index contributed by atoms with van der Waals surface area (Å²) in [4.78, 5) is 57.1. The van der Waals surface area contributed by atoms with E-state index in [0.29, 0.717) is 12.1 Å². The molecule has 2 heterocycles. The zero-order valence-corrected chi connectivity index (χ0v) is 21.5. The summed E-state index contributed by atoms with van der Waals surface area (Å²) in [5.74, 6) is -1.75. The number of hydrogen-bond donors (Lipinski definition) is 2. The molecule has 2 N–H and O–H groups in total. The first kappa shape index (κ1) is 26.4. The van der Waals surface area contributed by atoms with E-state index in [0.717, 1.165) is 5.56 Å². The highest BCUT2D eigenvalue weighted by molar-refractivity contribution is 6.07. The minimum absolute atomic E-state index is 0.0315. The number of benzene rings is 1. The topological polar surface area (TPSA) is 99.9 Å². The van der Waals surface area contributed by atoms with Gasteiger partial charge in [0.1, 0.15) is 5.41 Å². The molecule has 3 amide bonds. The van der Waals surface area contributed by atoms with Gasteiger partial charge in [0.05, 0.1) is 12.5 Å². The molecule has 0 saturated carbocycles. The average Bonchev–Trinajstić information content (AvgIpc) is 3.28. The molecule has 1 saturated heterocycles. The van der Waals surface area contributed by atoms with Gasteiger partial charge in [-0.05, 0) is 29.4 Å². The number of likely N-dealkylation sites (tertiary alicyclic amines) is 1. The van der Waals surface area contributed by atoms with Gasteiger partial charge in [-0.2, -0.15) is 0 Å². The van der Waals surface area contributed by atoms with Crippen LogP contribution in [0.1, 0.15) is 66.4 Å². The molecule has 0 aromatic heterocycles. The number of amides is 3. The van der Waals surface area contributed by atoms with Crippen LogP contribution in [0.15, 0.2) is 24.3 Å². The molecule has 2 aliphatic rings. The highest BCUT2D eigenvalue weighted by Crippen LogP contribution is 2.47. The number of Topliss-reactive ketones (excluding diaryl/α,β-unsaturated/α-hetero) is 1. The highest BCUT2D eigenvalue weighted by atomic mass is 16.2. The monoisotopic (exact) mass is 480 g/mol. The van der Waals surface area contributed by atoms with Crippen LogP contribution in [0.3, 0.4) is 0 Å². The minimum atomic E-state index is -0.964. The zero-order valence-electron chi connectivity index (χ0n) is 21.5. The second kappa shape index (κ2) is 9.80. The van der Waals surface area contributed by atoms with Gasteiger partial charge in [0.25, 0.3) is 0 Å². The molecule has 1 aromatic rings. The first-order valence-electron chi connectivity index (χ1n) is 12.2. The normalized spacial score (nSPS) is 23.0. The fourth-order valence-electron chi connectivity index (χ4n) is 5.38. The molecule has 0 radical (unpaired) electrons. The van der Waals surface area contributed by atoms with Crippen LogP contribution in [0.2, 0.25) is 0 Å². The van der Waals surface area contributed by atoms with Crippen LogP contribution >= 0.6 is 0 Å². The highest BCUT2D eigenvalue weighted by Gasteiger charge is 2.59. The molecule has 3 rings (SSSR count). The Kier molecular flexibility index (Phi) is 7.39. The number of para-hydroxylation sites is 1. The molecule has 35 heavy (non-hydrogen) atoms. The lowest BCUT2D eigenvalue weighted by Gasteiger charge is -2.30. The third kappa shape index (κ3) is 5.39. The Morgan fingerprint density at radius 1 is 1.26 bits per heavy atom. The van der Waals surface area contributed by atoms with Crippen LogP contribution in [-0.4, -0.2) is 47.2 Å². The number of fused-ring (bicyclic) bond motifs is 2. The zero-order chi connectivity index (χ0) is 26.1. The van der Waals surface area contributed by atoms with Gasteiger partial charge in [0.2, 0.25) is 17.7 Å². The number of nitrogens with one attached hydrogen (secondary N) is 2. The summed E-state index contributed by atoms with van der Waals surface area (Å²) >= 11 is 0. The van der Waals surface area contributed by atoms with Gasteiger partial charge >= 0.3 is 6.17 Å². The van der Waals surface area contributed by atoms with Crippen LogP contribution in [0.4, 0.5) is 5.69 Å². The van der Waals surface area contributed by atoms with Gasteiger partial charge in [0.15, 0.2) is 5.78 Å². The van der Waals surface area contributed by atoms with Crippen molar-refractivity contribution in [3.63, 3.8) is 0 Å². The number of ketones is 1. The number of rotatable bonds is 7. The van der Waals surface area contributed by atoms with Gasteiger partial charge in [-0.25, -0.2) is 6.57 Å². The van der Waals surface area contributed by atoms with E-state index in [2.05, 4.69) is 15.5 Å². The van der Waals surface area contributed by atoms with Crippen molar-refractivity contribution in [2.75, 3.05) is 11.9 Å². The molecular weight excluding hydrogens is 444 g/mol. The van der Waals surface area contributed by atoms with Crippen molar-refractivity contribution in [2.45, 2.75) is 78.4 Å². The van der Waals surface area contributed by atoms with Crippen molar-refractivity contribution in [1.29, 1.82) is 0 Å². The number of carbonyl (C=O) groups excluding carboxylic acids is 4. The average molecular weight is 481 g/mol. The maximum Gasteiger partial charge on any atom is 0.302 e. The molecule has 2 aliphatic heterocycles.